The number of hydrogen-bond acceptors (Lipinski definition) is 3. The van der Waals surface area contributed by atoms with Gasteiger partial charge in [-0.05, 0) is 42.5 Å². The highest BCUT2D eigenvalue weighted by atomic mass is 79.9. The van der Waals surface area contributed by atoms with Gasteiger partial charge in [0.15, 0.2) is 9.84 Å². The van der Waals surface area contributed by atoms with Gasteiger partial charge in [-0.1, -0.05) is 15.9 Å². The van der Waals surface area contributed by atoms with Crippen molar-refractivity contribution in [2.24, 2.45) is 0 Å². The molecule has 0 fully saturated rings. The maximum absolute atomic E-state index is 13.6. The van der Waals surface area contributed by atoms with Crippen LogP contribution >= 0.6 is 15.9 Å². The van der Waals surface area contributed by atoms with Crippen LogP contribution < -0.4 is 0 Å². The summed E-state index contributed by atoms with van der Waals surface area (Å²) in [5.74, 6) is -2.24. The molecule has 0 aliphatic carbocycles. The third-order valence-electron chi connectivity index (χ3n) is 2.81. The van der Waals surface area contributed by atoms with Gasteiger partial charge in [-0.2, -0.15) is 0 Å². The average Bonchev–Trinajstić information content (AvgIpc) is 2.43. The fourth-order valence-corrected chi connectivity index (χ4v) is 3.50. The lowest BCUT2D eigenvalue weighted by Gasteiger charge is -2.07. The summed E-state index contributed by atoms with van der Waals surface area (Å²) in [7, 11) is -3.75. The number of carboxylic acid groups (broad SMARTS) is 1. The molecule has 0 saturated carbocycles. The lowest BCUT2D eigenvalue weighted by Crippen LogP contribution is -2.07. The molecule has 7 heteroatoms. The molecule has 0 atom stereocenters. The standard InChI is InChI=1S/C14H10BrFO4S/c15-11-3-6-13(16)10(7-11)8-21(19,20)12-4-1-9(2-5-12)14(17)18/h1-7H,8H2,(H,17,18). The van der Waals surface area contributed by atoms with Crippen LogP contribution in [0.3, 0.4) is 0 Å². The highest BCUT2D eigenvalue weighted by molar-refractivity contribution is 9.10. The Morgan fingerprint density at radius 2 is 1.76 bits per heavy atom. The SMILES string of the molecule is O=C(O)c1ccc(S(=O)(=O)Cc2cc(Br)ccc2F)cc1. The minimum absolute atomic E-state index is 0.0115. The van der Waals surface area contributed by atoms with Crippen molar-refractivity contribution >= 4 is 31.7 Å². The van der Waals surface area contributed by atoms with E-state index in [9.17, 15) is 17.6 Å². The lowest BCUT2D eigenvalue weighted by molar-refractivity contribution is 0.0696. The summed E-state index contributed by atoms with van der Waals surface area (Å²) in [5, 5.41) is 8.78. The average molecular weight is 373 g/mol. The third kappa shape index (κ3) is 3.68. The molecule has 0 spiro atoms. The first kappa shape index (κ1) is 15.7. The Bertz CT molecular complexity index is 785. The molecule has 0 aliphatic heterocycles. The molecule has 2 rings (SSSR count). The smallest absolute Gasteiger partial charge is 0.335 e. The fourth-order valence-electron chi connectivity index (χ4n) is 1.75. The summed E-state index contributed by atoms with van der Waals surface area (Å²) in [4.78, 5) is 10.7. The Labute approximate surface area is 129 Å². The van der Waals surface area contributed by atoms with Crippen molar-refractivity contribution in [1.29, 1.82) is 0 Å². The molecule has 110 valence electrons. The number of rotatable bonds is 4. The first-order valence-corrected chi connectivity index (χ1v) is 8.24. The predicted molar refractivity (Wildman–Crippen MR) is 78.4 cm³/mol. The molecule has 0 heterocycles. The number of benzene rings is 2. The van der Waals surface area contributed by atoms with E-state index in [2.05, 4.69) is 15.9 Å². The minimum atomic E-state index is -3.75. The molecule has 0 unspecified atom stereocenters. The van der Waals surface area contributed by atoms with Crippen LogP contribution in [0.4, 0.5) is 4.39 Å². The highest BCUT2D eigenvalue weighted by Crippen LogP contribution is 2.22. The van der Waals surface area contributed by atoms with Crippen molar-refractivity contribution in [3.63, 3.8) is 0 Å². The maximum Gasteiger partial charge on any atom is 0.335 e. The second-order valence-electron chi connectivity index (χ2n) is 4.32. The third-order valence-corrected chi connectivity index (χ3v) is 4.99. The van der Waals surface area contributed by atoms with E-state index in [4.69, 9.17) is 5.11 Å². The Balaban J connectivity index is 2.34. The number of sulfone groups is 1. The van der Waals surface area contributed by atoms with Crippen LogP contribution in [0, 0.1) is 5.82 Å². The van der Waals surface area contributed by atoms with Crippen LogP contribution in [0.1, 0.15) is 15.9 Å². The number of aromatic carboxylic acids is 1. The monoisotopic (exact) mass is 372 g/mol. The van der Waals surface area contributed by atoms with Crippen LogP contribution in [0.25, 0.3) is 0 Å². The molecule has 0 aromatic heterocycles. The van der Waals surface area contributed by atoms with E-state index in [0.29, 0.717) is 4.47 Å². The molecule has 0 saturated heterocycles. The molecule has 0 amide bonds. The number of hydrogen-bond donors (Lipinski definition) is 1. The van der Waals surface area contributed by atoms with Gasteiger partial charge in [-0.3, -0.25) is 0 Å². The van der Waals surface area contributed by atoms with Crippen molar-refractivity contribution < 1.29 is 22.7 Å². The molecule has 2 aromatic rings. The lowest BCUT2D eigenvalue weighted by atomic mass is 10.2. The summed E-state index contributed by atoms with van der Waals surface area (Å²) >= 11 is 3.16. The van der Waals surface area contributed by atoms with E-state index < -0.39 is 27.4 Å². The van der Waals surface area contributed by atoms with Gasteiger partial charge in [-0.15, -0.1) is 0 Å². The Morgan fingerprint density at radius 1 is 1.14 bits per heavy atom. The number of carboxylic acids is 1. The Hall–Kier alpha value is -1.73. The van der Waals surface area contributed by atoms with E-state index >= 15 is 0 Å². The zero-order valence-corrected chi connectivity index (χ0v) is 13.0. The van der Waals surface area contributed by atoms with Gasteiger partial charge >= 0.3 is 5.97 Å². The second kappa shape index (κ2) is 5.95. The van der Waals surface area contributed by atoms with Gasteiger partial charge in [0.1, 0.15) is 5.82 Å². The molecule has 0 bridgehead atoms. The van der Waals surface area contributed by atoms with Crippen LogP contribution in [-0.2, 0) is 15.6 Å². The molecule has 0 aliphatic rings. The molecule has 21 heavy (non-hydrogen) atoms. The summed E-state index contributed by atoms with van der Waals surface area (Å²) in [6.45, 7) is 0. The molecule has 2 aromatic carbocycles. The number of halogens is 2. The zero-order chi connectivity index (χ0) is 15.6. The first-order valence-electron chi connectivity index (χ1n) is 5.79. The summed E-state index contributed by atoms with van der Waals surface area (Å²) in [6, 6.07) is 8.87. The van der Waals surface area contributed by atoms with E-state index in [-0.39, 0.29) is 16.0 Å². The van der Waals surface area contributed by atoms with Crippen molar-refractivity contribution in [3.8, 4) is 0 Å². The van der Waals surface area contributed by atoms with Crippen LogP contribution in [0.15, 0.2) is 51.8 Å². The molecule has 1 N–H and O–H groups in total. The van der Waals surface area contributed by atoms with Crippen LogP contribution in [-0.4, -0.2) is 19.5 Å². The fraction of sp³-hybridized carbons (Fsp3) is 0.0714. The van der Waals surface area contributed by atoms with Crippen molar-refractivity contribution in [2.75, 3.05) is 0 Å². The summed E-state index contributed by atoms with van der Waals surface area (Å²) in [5.41, 5.74) is 0.0364. The van der Waals surface area contributed by atoms with Gasteiger partial charge in [-0.25, -0.2) is 17.6 Å². The van der Waals surface area contributed by atoms with Gasteiger partial charge in [0.05, 0.1) is 16.2 Å². The summed E-state index contributed by atoms with van der Waals surface area (Å²) in [6.07, 6.45) is 0. The van der Waals surface area contributed by atoms with E-state index in [0.717, 1.165) is 0 Å². The first-order chi connectivity index (χ1) is 9.79. The largest absolute Gasteiger partial charge is 0.478 e. The van der Waals surface area contributed by atoms with Crippen molar-refractivity contribution in [3.05, 3.63) is 63.9 Å². The minimum Gasteiger partial charge on any atom is -0.478 e. The van der Waals surface area contributed by atoms with Gasteiger partial charge < -0.3 is 5.11 Å². The predicted octanol–water partition coefficient (Wildman–Crippen LogP) is 3.26. The van der Waals surface area contributed by atoms with Gasteiger partial charge in [0.2, 0.25) is 0 Å². The Morgan fingerprint density at radius 3 is 2.33 bits per heavy atom. The second-order valence-corrected chi connectivity index (χ2v) is 7.23. The molecular weight excluding hydrogens is 363 g/mol. The molecule has 4 nitrogen and oxygen atoms in total. The van der Waals surface area contributed by atoms with Gasteiger partial charge in [0, 0.05) is 10.0 Å². The van der Waals surface area contributed by atoms with Crippen molar-refractivity contribution in [1.82, 2.24) is 0 Å². The molecule has 0 radical (unpaired) electrons. The van der Waals surface area contributed by atoms with E-state index in [1.165, 1.54) is 42.5 Å². The van der Waals surface area contributed by atoms with Crippen molar-refractivity contribution in [2.45, 2.75) is 10.6 Å². The quantitative estimate of drug-likeness (QED) is 0.893. The zero-order valence-electron chi connectivity index (χ0n) is 10.6. The number of carbonyl (C=O) groups is 1. The van der Waals surface area contributed by atoms with E-state index in [1.54, 1.807) is 0 Å². The summed E-state index contributed by atoms with van der Waals surface area (Å²) < 4.78 is 38.6. The normalized spacial score (nSPS) is 11.3. The van der Waals surface area contributed by atoms with E-state index in [1.807, 2.05) is 0 Å². The topological polar surface area (TPSA) is 71.4 Å². The molecular formula is C14H10BrFO4S. The highest BCUT2D eigenvalue weighted by Gasteiger charge is 2.18. The van der Waals surface area contributed by atoms with Crippen LogP contribution in [0.2, 0.25) is 0 Å². The van der Waals surface area contributed by atoms with Gasteiger partial charge in [0.25, 0.3) is 0 Å². The maximum atomic E-state index is 13.6. The van der Waals surface area contributed by atoms with Crippen LogP contribution in [0.5, 0.6) is 0 Å². The Kier molecular flexibility index (Phi) is 4.43.